The van der Waals surface area contributed by atoms with E-state index < -0.39 is 0 Å². The fourth-order valence-corrected chi connectivity index (χ4v) is 10.3. The lowest BCUT2D eigenvalue weighted by Crippen LogP contribution is -2.16. The smallest absolute Gasteiger partial charge is 0.0541 e. The number of para-hydroxylation sites is 3. The molecule has 2 nitrogen and oxygen atoms in total. The predicted molar refractivity (Wildman–Crippen MR) is 267 cm³/mol. The number of aromatic nitrogens is 1. The number of rotatable bonds is 7. The first-order chi connectivity index (χ1) is 31.0. The number of benzene rings is 10. The Morgan fingerprint density at radius 2 is 0.810 bits per heavy atom. The van der Waals surface area contributed by atoms with Crippen molar-refractivity contribution in [3.8, 4) is 50.2 Å². The van der Waals surface area contributed by atoms with Crippen LogP contribution in [0.5, 0.6) is 0 Å². The maximum Gasteiger partial charge on any atom is 0.0541 e. The van der Waals surface area contributed by atoms with Gasteiger partial charge in [0.1, 0.15) is 0 Å². The van der Waals surface area contributed by atoms with E-state index in [4.69, 9.17) is 0 Å². The Kier molecular flexibility index (Phi) is 8.55. The molecule has 0 saturated carbocycles. The molecule has 0 aliphatic heterocycles. The van der Waals surface area contributed by atoms with Crippen molar-refractivity contribution in [2.45, 2.75) is 19.3 Å². The molecular formula is C61H44N2. The number of fused-ring (bicyclic) bond motifs is 7. The standard InChI is InChI=1S/C61H44N2/c1-61(2)57-39-43(41-16-6-3-7-17-41)28-33-53(57)54-34-32-48(40-58(54)61)62(45-18-8-4-9-19-45)47-30-26-42(27-31-47)49-35-36-50(52-23-13-12-22-51(49)52)44-29-37-60-56(38-44)55-24-14-15-25-59(55)63(60)46-20-10-5-11-21-46/h3-40H,1-2H3. The van der Waals surface area contributed by atoms with Crippen molar-refractivity contribution >= 4 is 49.6 Å². The molecule has 298 valence electrons. The van der Waals surface area contributed by atoms with E-state index >= 15 is 0 Å². The minimum atomic E-state index is -0.155. The highest BCUT2D eigenvalue weighted by molar-refractivity contribution is 6.12. The molecule has 0 fully saturated rings. The molecule has 1 aliphatic rings. The van der Waals surface area contributed by atoms with E-state index in [0.717, 1.165) is 17.1 Å². The zero-order chi connectivity index (χ0) is 42.1. The Morgan fingerprint density at radius 1 is 0.317 bits per heavy atom. The molecule has 1 aliphatic carbocycles. The highest BCUT2D eigenvalue weighted by Crippen LogP contribution is 2.52. The molecule has 0 atom stereocenters. The first-order valence-electron chi connectivity index (χ1n) is 21.9. The number of anilines is 3. The fourth-order valence-electron chi connectivity index (χ4n) is 10.3. The molecule has 0 saturated heterocycles. The molecule has 63 heavy (non-hydrogen) atoms. The van der Waals surface area contributed by atoms with Crippen LogP contribution < -0.4 is 4.90 Å². The van der Waals surface area contributed by atoms with Crippen LogP contribution >= 0.6 is 0 Å². The maximum absolute atomic E-state index is 2.42. The van der Waals surface area contributed by atoms with Crippen LogP contribution in [0.2, 0.25) is 0 Å². The average Bonchev–Trinajstić information content (AvgIpc) is 3.79. The summed E-state index contributed by atoms with van der Waals surface area (Å²) < 4.78 is 2.38. The Hall–Kier alpha value is -7.94. The van der Waals surface area contributed by atoms with Gasteiger partial charge in [-0.15, -0.1) is 0 Å². The Labute approximate surface area is 368 Å². The summed E-state index contributed by atoms with van der Waals surface area (Å²) in [5, 5.41) is 5.00. The molecule has 11 aromatic rings. The first-order valence-corrected chi connectivity index (χ1v) is 21.9. The SMILES string of the molecule is CC1(C)c2cc(-c3ccccc3)ccc2-c2ccc(N(c3ccccc3)c3ccc(-c4ccc(-c5ccc6c(c5)c5ccccc5n6-c5ccccc5)c5ccccc45)cc3)cc21. The van der Waals surface area contributed by atoms with Crippen molar-refractivity contribution in [3.05, 3.63) is 242 Å². The van der Waals surface area contributed by atoms with Crippen molar-refractivity contribution in [1.29, 1.82) is 0 Å². The zero-order valence-corrected chi connectivity index (χ0v) is 35.3. The molecule has 12 rings (SSSR count). The third-order valence-corrected chi connectivity index (χ3v) is 13.4. The Balaban J connectivity index is 0.914. The van der Waals surface area contributed by atoms with Crippen molar-refractivity contribution in [2.75, 3.05) is 4.90 Å². The minimum Gasteiger partial charge on any atom is -0.310 e. The van der Waals surface area contributed by atoms with Crippen LogP contribution in [-0.2, 0) is 5.41 Å². The largest absolute Gasteiger partial charge is 0.310 e. The summed E-state index contributed by atoms with van der Waals surface area (Å²) >= 11 is 0. The van der Waals surface area contributed by atoms with E-state index in [0.29, 0.717) is 0 Å². The van der Waals surface area contributed by atoms with E-state index in [1.54, 1.807) is 0 Å². The second-order valence-corrected chi connectivity index (χ2v) is 17.3. The predicted octanol–water partition coefficient (Wildman–Crippen LogP) is 16.7. The van der Waals surface area contributed by atoms with Crippen LogP contribution in [0.4, 0.5) is 17.1 Å². The lowest BCUT2D eigenvalue weighted by atomic mass is 9.81. The van der Waals surface area contributed by atoms with Crippen molar-refractivity contribution in [3.63, 3.8) is 0 Å². The summed E-state index contributed by atoms with van der Waals surface area (Å²) in [7, 11) is 0. The summed E-state index contributed by atoms with van der Waals surface area (Å²) in [6.07, 6.45) is 0. The van der Waals surface area contributed by atoms with E-state index in [9.17, 15) is 0 Å². The topological polar surface area (TPSA) is 8.17 Å². The van der Waals surface area contributed by atoms with Gasteiger partial charge in [0, 0.05) is 38.9 Å². The van der Waals surface area contributed by atoms with Crippen molar-refractivity contribution in [2.24, 2.45) is 0 Å². The van der Waals surface area contributed by atoms with Crippen LogP contribution in [0.3, 0.4) is 0 Å². The molecular weight excluding hydrogens is 761 g/mol. The van der Waals surface area contributed by atoms with Gasteiger partial charge in [-0.25, -0.2) is 0 Å². The Bertz CT molecular complexity index is 3510. The van der Waals surface area contributed by atoms with Gasteiger partial charge in [-0.1, -0.05) is 172 Å². The van der Waals surface area contributed by atoms with Crippen molar-refractivity contribution in [1.82, 2.24) is 4.57 Å². The molecule has 1 heterocycles. The van der Waals surface area contributed by atoms with E-state index in [1.807, 2.05) is 0 Å². The van der Waals surface area contributed by atoms with Crippen molar-refractivity contribution < 1.29 is 0 Å². The number of nitrogens with zero attached hydrogens (tertiary/aromatic N) is 2. The summed E-state index contributed by atoms with van der Waals surface area (Å²) in [6, 6.07) is 84.5. The van der Waals surface area contributed by atoms with Gasteiger partial charge in [0.2, 0.25) is 0 Å². The molecule has 0 radical (unpaired) electrons. The molecule has 0 spiro atoms. The van der Waals surface area contributed by atoms with Gasteiger partial charge in [0.15, 0.2) is 0 Å². The van der Waals surface area contributed by atoms with Gasteiger partial charge in [-0.05, 0) is 139 Å². The van der Waals surface area contributed by atoms with Crippen LogP contribution in [0.15, 0.2) is 231 Å². The van der Waals surface area contributed by atoms with Gasteiger partial charge in [-0.2, -0.15) is 0 Å². The van der Waals surface area contributed by atoms with E-state index in [-0.39, 0.29) is 5.41 Å². The van der Waals surface area contributed by atoms with E-state index in [1.165, 1.54) is 93.9 Å². The molecule has 0 bridgehead atoms. The second kappa shape index (κ2) is 14.6. The van der Waals surface area contributed by atoms with Gasteiger partial charge < -0.3 is 9.47 Å². The second-order valence-electron chi connectivity index (χ2n) is 17.3. The average molecular weight is 805 g/mol. The number of hydrogen-bond donors (Lipinski definition) is 0. The molecule has 2 heteroatoms. The highest BCUT2D eigenvalue weighted by Gasteiger charge is 2.36. The van der Waals surface area contributed by atoms with Gasteiger partial charge in [-0.3, -0.25) is 0 Å². The van der Waals surface area contributed by atoms with Gasteiger partial charge in [0.25, 0.3) is 0 Å². The van der Waals surface area contributed by atoms with Crippen LogP contribution in [0.25, 0.3) is 82.8 Å². The fraction of sp³-hybridized carbons (Fsp3) is 0.0492. The van der Waals surface area contributed by atoms with Crippen LogP contribution in [-0.4, -0.2) is 4.57 Å². The summed E-state index contributed by atoms with van der Waals surface area (Å²) in [4.78, 5) is 2.39. The quantitative estimate of drug-likeness (QED) is 0.156. The normalized spacial score (nSPS) is 12.7. The third kappa shape index (κ3) is 6.02. The molecule has 0 N–H and O–H groups in total. The molecule has 0 amide bonds. The summed E-state index contributed by atoms with van der Waals surface area (Å²) in [5.41, 5.74) is 19.6. The Morgan fingerprint density at radius 3 is 1.52 bits per heavy atom. The lowest BCUT2D eigenvalue weighted by Gasteiger charge is -2.28. The molecule has 1 aromatic heterocycles. The zero-order valence-electron chi connectivity index (χ0n) is 35.3. The first kappa shape index (κ1) is 36.9. The lowest BCUT2D eigenvalue weighted by molar-refractivity contribution is 0.660. The molecule has 10 aromatic carbocycles. The highest BCUT2D eigenvalue weighted by atomic mass is 15.1. The maximum atomic E-state index is 2.42. The number of hydrogen-bond acceptors (Lipinski definition) is 1. The van der Waals surface area contributed by atoms with Gasteiger partial charge in [0.05, 0.1) is 11.0 Å². The summed E-state index contributed by atoms with van der Waals surface area (Å²) in [5.74, 6) is 0. The van der Waals surface area contributed by atoms with Gasteiger partial charge >= 0.3 is 0 Å². The van der Waals surface area contributed by atoms with E-state index in [2.05, 4.69) is 254 Å². The third-order valence-electron chi connectivity index (χ3n) is 13.4. The van der Waals surface area contributed by atoms with Crippen LogP contribution in [0.1, 0.15) is 25.0 Å². The van der Waals surface area contributed by atoms with Crippen LogP contribution in [0, 0.1) is 0 Å². The summed E-state index contributed by atoms with van der Waals surface area (Å²) in [6.45, 7) is 4.74. The monoisotopic (exact) mass is 804 g/mol. The minimum absolute atomic E-state index is 0.155. The molecule has 0 unspecified atom stereocenters.